The summed E-state index contributed by atoms with van der Waals surface area (Å²) in [6.07, 6.45) is 1.97. The van der Waals surface area contributed by atoms with E-state index < -0.39 is 23.6 Å². The monoisotopic (exact) mass is 397 g/mol. The number of carboxylic acids is 1. The molecule has 1 aromatic carbocycles. The first-order valence-electron chi connectivity index (χ1n) is 9.50. The Labute approximate surface area is 167 Å². The molecule has 1 aromatic heterocycles. The predicted molar refractivity (Wildman–Crippen MR) is 98.7 cm³/mol. The lowest BCUT2D eigenvalue weighted by molar-refractivity contribution is -0.310. The van der Waals surface area contributed by atoms with Crippen molar-refractivity contribution in [1.82, 2.24) is 9.80 Å². The fourth-order valence-electron chi connectivity index (χ4n) is 4.11. The number of likely N-dealkylation sites (tertiary alicyclic amines) is 1. The maximum absolute atomic E-state index is 13.0. The largest absolute Gasteiger partial charge is 0.548 e. The molecular formula is C21H21N2O6-. The Morgan fingerprint density at radius 1 is 1.07 bits per heavy atom. The molecule has 2 aliphatic heterocycles. The van der Waals surface area contributed by atoms with Crippen LogP contribution in [0.3, 0.4) is 0 Å². The fraction of sp³-hybridized carbons (Fsp3) is 0.381. The summed E-state index contributed by atoms with van der Waals surface area (Å²) >= 11 is 0. The van der Waals surface area contributed by atoms with Crippen molar-refractivity contribution < 1.29 is 28.6 Å². The van der Waals surface area contributed by atoms with Crippen molar-refractivity contribution in [1.29, 1.82) is 0 Å². The van der Waals surface area contributed by atoms with Gasteiger partial charge in [-0.1, -0.05) is 18.2 Å². The van der Waals surface area contributed by atoms with Crippen molar-refractivity contribution in [3.8, 4) is 0 Å². The van der Waals surface area contributed by atoms with Gasteiger partial charge in [-0.3, -0.25) is 14.5 Å². The van der Waals surface area contributed by atoms with Crippen LogP contribution in [-0.4, -0.2) is 59.0 Å². The summed E-state index contributed by atoms with van der Waals surface area (Å²) in [6.45, 7) is 2.41. The Morgan fingerprint density at radius 2 is 1.79 bits per heavy atom. The van der Waals surface area contributed by atoms with Gasteiger partial charge in [0.15, 0.2) is 5.76 Å². The van der Waals surface area contributed by atoms with Gasteiger partial charge in [0.25, 0.3) is 11.8 Å². The molecule has 0 radical (unpaired) electrons. The van der Waals surface area contributed by atoms with Crippen LogP contribution in [-0.2, 0) is 9.53 Å². The molecule has 1 atom stereocenters. The summed E-state index contributed by atoms with van der Waals surface area (Å²) in [5, 5.41) is 11.6. The molecule has 0 unspecified atom stereocenters. The van der Waals surface area contributed by atoms with Crippen LogP contribution in [0.4, 0.5) is 0 Å². The van der Waals surface area contributed by atoms with Gasteiger partial charge in [0, 0.05) is 31.5 Å². The minimum atomic E-state index is -1.37. The van der Waals surface area contributed by atoms with Crippen molar-refractivity contribution in [2.45, 2.75) is 31.5 Å². The highest BCUT2D eigenvalue weighted by molar-refractivity contribution is 5.96. The quantitative estimate of drug-likeness (QED) is 0.759. The summed E-state index contributed by atoms with van der Waals surface area (Å²) in [5.74, 6) is -1.98. The van der Waals surface area contributed by atoms with Gasteiger partial charge in [-0.15, -0.1) is 0 Å². The van der Waals surface area contributed by atoms with E-state index in [0.717, 1.165) is 5.56 Å². The smallest absolute Gasteiger partial charge is 0.292 e. The topological polar surface area (TPSA) is 103 Å². The zero-order chi connectivity index (χ0) is 20.6. The summed E-state index contributed by atoms with van der Waals surface area (Å²) < 4.78 is 11.0. The van der Waals surface area contributed by atoms with Crippen molar-refractivity contribution in [3.63, 3.8) is 0 Å². The molecule has 8 nitrogen and oxygen atoms in total. The van der Waals surface area contributed by atoms with E-state index in [0.29, 0.717) is 31.5 Å². The normalized spacial score (nSPS) is 20.8. The van der Waals surface area contributed by atoms with E-state index in [9.17, 15) is 19.5 Å². The Kier molecular flexibility index (Phi) is 4.87. The molecule has 2 aliphatic rings. The minimum Gasteiger partial charge on any atom is -0.548 e. The highest BCUT2D eigenvalue weighted by Crippen LogP contribution is 2.38. The van der Waals surface area contributed by atoms with E-state index in [-0.39, 0.29) is 18.3 Å². The first-order valence-corrected chi connectivity index (χ1v) is 9.50. The average molecular weight is 397 g/mol. The number of amides is 2. The fourth-order valence-corrected chi connectivity index (χ4v) is 4.11. The lowest BCUT2D eigenvalue weighted by Crippen LogP contribution is -2.60. The summed E-state index contributed by atoms with van der Waals surface area (Å²) in [5.41, 5.74) is 0.422. The Balaban J connectivity index is 1.55. The first kappa shape index (κ1) is 19.2. The van der Waals surface area contributed by atoms with Gasteiger partial charge in [-0.05, 0) is 30.7 Å². The van der Waals surface area contributed by atoms with E-state index in [1.165, 1.54) is 17.2 Å². The summed E-state index contributed by atoms with van der Waals surface area (Å²) in [6, 6.07) is 9.21. The van der Waals surface area contributed by atoms with Crippen molar-refractivity contribution >= 4 is 17.8 Å². The van der Waals surface area contributed by atoms with Crippen LogP contribution in [0.5, 0.6) is 0 Å². The Morgan fingerprint density at radius 3 is 2.41 bits per heavy atom. The summed E-state index contributed by atoms with van der Waals surface area (Å²) in [7, 11) is 0. The number of rotatable bonds is 3. The third-order valence-corrected chi connectivity index (χ3v) is 5.69. The van der Waals surface area contributed by atoms with Gasteiger partial charge in [0.2, 0.25) is 0 Å². The van der Waals surface area contributed by atoms with Gasteiger partial charge in [-0.2, -0.15) is 0 Å². The SMILES string of the molecule is Cc1ccccc1C(=O)N1CCC2(CC1)OC[C@@H](C(=O)[O-])N2C(=O)c1ccco1. The molecule has 2 aromatic rings. The number of carbonyl (C=O) groups excluding carboxylic acids is 3. The van der Waals surface area contributed by atoms with Gasteiger partial charge in [0.1, 0.15) is 5.72 Å². The van der Waals surface area contributed by atoms with E-state index in [4.69, 9.17) is 9.15 Å². The molecule has 0 aliphatic carbocycles. The van der Waals surface area contributed by atoms with Crippen LogP contribution < -0.4 is 5.11 Å². The number of ether oxygens (including phenoxy) is 1. The molecule has 0 saturated carbocycles. The van der Waals surface area contributed by atoms with Crippen molar-refractivity contribution in [2.75, 3.05) is 19.7 Å². The third-order valence-electron chi connectivity index (χ3n) is 5.69. The van der Waals surface area contributed by atoms with Crippen LogP contribution in [0.1, 0.15) is 39.3 Å². The maximum Gasteiger partial charge on any atom is 0.292 e. The van der Waals surface area contributed by atoms with Crippen LogP contribution in [0.25, 0.3) is 0 Å². The number of aryl methyl sites for hydroxylation is 1. The number of hydrogen-bond donors (Lipinski definition) is 0. The number of nitrogens with zero attached hydrogens (tertiary/aromatic N) is 2. The number of carboxylic acid groups (broad SMARTS) is 1. The molecule has 2 amide bonds. The second-order valence-electron chi connectivity index (χ2n) is 7.35. The molecule has 152 valence electrons. The van der Waals surface area contributed by atoms with Crippen molar-refractivity contribution in [3.05, 3.63) is 59.5 Å². The number of piperidine rings is 1. The van der Waals surface area contributed by atoms with Gasteiger partial charge >= 0.3 is 0 Å². The molecule has 3 heterocycles. The number of furan rings is 1. The highest BCUT2D eigenvalue weighted by Gasteiger charge is 2.53. The predicted octanol–water partition coefficient (Wildman–Crippen LogP) is 0.811. The van der Waals surface area contributed by atoms with E-state index in [2.05, 4.69) is 0 Å². The van der Waals surface area contributed by atoms with E-state index >= 15 is 0 Å². The Bertz CT molecular complexity index is 930. The molecule has 2 saturated heterocycles. The molecule has 2 fully saturated rings. The van der Waals surface area contributed by atoms with E-state index in [1.54, 1.807) is 17.0 Å². The molecule has 0 N–H and O–H groups in total. The maximum atomic E-state index is 13.0. The number of benzene rings is 1. The summed E-state index contributed by atoms with van der Waals surface area (Å²) in [4.78, 5) is 40.4. The minimum absolute atomic E-state index is 0.0412. The van der Waals surface area contributed by atoms with Crippen LogP contribution in [0.2, 0.25) is 0 Å². The lowest BCUT2D eigenvalue weighted by Gasteiger charge is -2.44. The number of hydrogen-bond acceptors (Lipinski definition) is 6. The molecule has 29 heavy (non-hydrogen) atoms. The van der Waals surface area contributed by atoms with Gasteiger partial charge < -0.3 is 24.0 Å². The first-order chi connectivity index (χ1) is 13.9. The molecule has 4 rings (SSSR count). The lowest BCUT2D eigenvalue weighted by atomic mass is 9.96. The van der Waals surface area contributed by atoms with Crippen LogP contribution >= 0.6 is 0 Å². The van der Waals surface area contributed by atoms with Gasteiger partial charge in [0.05, 0.1) is 24.9 Å². The second kappa shape index (κ2) is 7.36. The highest BCUT2D eigenvalue weighted by atomic mass is 16.5. The van der Waals surface area contributed by atoms with Crippen molar-refractivity contribution in [2.24, 2.45) is 0 Å². The molecule has 8 heteroatoms. The van der Waals surface area contributed by atoms with Crippen LogP contribution in [0, 0.1) is 6.92 Å². The number of carbonyl (C=O) groups is 3. The zero-order valence-electron chi connectivity index (χ0n) is 16.0. The van der Waals surface area contributed by atoms with E-state index in [1.807, 2.05) is 25.1 Å². The van der Waals surface area contributed by atoms with Gasteiger partial charge in [-0.25, -0.2) is 0 Å². The average Bonchev–Trinajstić information content (AvgIpc) is 3.37. The standard InChI is InChI=1S/C21H22N2O6/c1-14-5-2-3-6-15(14)18(24)22-10-8-21(9-11-22)23(16(13-29-21)20(26)27)19(25)17-7-4-12-28-17/h2-7,12,16H,8-11,13H2,1H3,(H,26,27)/p-1/t16-/m0/s1. The third kappa shape index (κ3) is 3.29. The van der Waals surface area contributed by atoms with Crippen LogP contribution in [0.15, 0.2) is 47.1 Å². The second-order valence-corrected chi connectivity index (χ2v) is 7.35. The molecule has 0 bridgehead atoms. The Hall–Kier alpha value is -3.13. The molecular weight excluding hydrogens is 376 g/mol. The number of aliphatic carboxylic acids is 1. The zero-order valence-corrected chi connectivity index (χ0v) is 16.0. The molecule has 1 spiro atoms.